The number of nitrogens with one attached hydrogen (secondary N) is 2. The predicted molar refractivity (Wildman–Crippen MR) is 127 cm³/mol. The van der Waals surface area contributed by atoms with Crippen LogP contribution in [0.4, 0.5) is 5.69 Å². The molecule has 0 spiro atoms. The van der Waals surface area contributed by atoms with Crippen molar-refractivity contribution in [1.29, 1.82) is 0 Å². The summed E-state index contributed by atoms with van der Waals surface area (Å²) in [7, 11) is 0. The third-order valence-electron chi connectivity index (χ3n) is 4.02. The fourth-order valence-electron chi connectivity index (χ4n) is 2.61. The smallest absolute Gasteiger partial charge is 0.191 e. The molecule has 30 heavy (non-hydrogen) atoms. The van der Waals surface area contributed by atoms with Crippen LogP contribution in [0.2, 0.25) is 5.02 Å². The highest BCUT2D eigenvalue weighted by Crippen LogP contribution is 2.29. The van der Waals surface area contributed by atoms with Crippen molar-refractivity contribution in [3.63, 3.8) is 0 Å². The zero-order valence-corrected chi connectivity index (χ0v) is 18.0. The number of rotatable bonds is 8. The highest BCUT2D eigenvalue weighted by Gasteiger charge is 2.08. The molecule has 0 aliphatic rings. The van der Waals surface area contributed by atoms with E-state index < -0.39 is 0 Å². The maximum Gasteiger partial charge on any atom is 0.191 e. The van der Waals surface area contributed by atoms with Gasteiger partial charge in [0.05, 0.1) is 12.8 Å². The summed E-state index contributed by atoms with van der Waals surface area (Å²) in [5.41, 5.74) is 5.45. The molecule has 0 saturated carbocycles. The van der Waals surface area contributed by atoms with E-state index >= 15 is 0 Å². The van der Waals surface area contributed by atoms with Crippen molar-refractivity contribution < 1.29 is 9.47 Å². The third-order valence-corrected chi connectivity index (χ3v) is 4.58. The first-order valence-electron chi connectivity index (χ1n) is 9.44. The van der Waals surface area contributed by atoms with E-state index in [1.165, 1.54) is 0 Å². The number of halogens is 1. The molecule has 0 saturated heterocycles. The molecule has 3 rings (SSSR count). The van der Waals surface area contributed by atoms with Crippen LogP contribution >= 0.6 is 23.8 Å². The van der Waals surface area contributed by atoms with E-state index in [0.717, 1.165) is 16.8 Å². The molecular formula is C23H22ClN3O2S. The van der Waals surface area contributed by atoms with Gasteiger partial charge in [-0.2, -0.15) is 5.10 Å². The van der Waals surface area contributed by atoms with Crippen molar-refractivity contribution in [1.82, 2.24) is 5.43 Å². The molecule has 0 fully saturated rings. The first-order valence-corrected chi connectivity index (χ1v) is 10.2. The molecule has 3 aromatic rings. The van der Waals surface area contributed by atoms with Gasteiger partial charge in [-0.1, -0.05) is 48.0 Å². The lowest BCUT2D eigenvalue weighted by atomic mass is 10.2. The Kier molecular flexibility index (Phi) is 8.06. The highest BCUT2D eigenvalue weighted by atomic mass is 35.5. The summed E-state index contributed by atoms with van der Waals surface area (Å²) in [5.74, 6) is 1.28. The first kappa shape index (κ1) is 21.6. The number of thiocarbonyl (C=S) groups is 1. The van der Waals surface area contributed by atoms with Gasteiger partial charge in [-0.05, 0) is 61.1 Å². The van der Waals surface area contributed by atoms with Gasteiger partial charge in [-0.25, -0.2) is 0 Å². The zero-order chi connectivity index (χ0) is 21.2. The predicted octanol–water partition coefficient (Wildman–Crippen LogP) is 5.64. The number of para-hydroxylation sites is 1. The molecule has 3 aromatic carbocycles. The quantitative estimate of drug-likeness (QED) is 0.270. The monoisotopic (exact) mass is 439 g/mol. The molecular weight excluding hydrogens is 418 g/mol. The maximum atomic E-state index is 6.20. The summed E-state index contributed by atoms with van der Waals surface area (Å²) in [4.78, 5) is 0. The van der Waals surface area contributed by atoms with Crippen LogP contribution in [0.3, 0.4) is 0 Å². The normalized spacial score (nSPS) is 10.6. The number of anilines is 1. The van der Waals surface area contributed by atoms with Gasteiger partial charge in [0.1, 0.15) is 6.61 Å². The molecule has 0 aromatic heterocycles. The molecule has 7 heteroatoms. The van der Waals surface area contributed by atoms with Gasteiger partial charge in [-0.3, -0.25) is 5.43 Å². The Morgan fingerprint density at radius 1 is 1.00 bits per heavy atom. The Balaban J connectivity index is 1.61. The molecule has 0 aliphatic carbocycles. The van der Waals surface area contributed by atoms with Crippen LogP contribution in [0.15, 0.2) is 77.9 Å². The second-order valence-electron chi connectivity index (χ2n) is 6.21. The minimum absolute atomic E-state index is 0.355. The van der Waals surface area contributed by atoms with Gasteiger partial charge in [-0.15, -0.1) is 0 Å². The maximum absolute atomic E-state index is 6.20. The summed E-state index contributed by atoms with van der Waals surface area (Å²) in [5, 5.41) is 8.31. The Labute approximate surface area is 186 Å². The van der Waals surface area contributed by atoms with Crippen LogP contribution in [0.5, 0.6) is 11.5 Å². The van der Waals surface area contributed by atoms with Crippen LogP contribution in [0.1, 0.15) is 18.1 Å². The average molecular weight is 440 g/mol. The van der Waals surface area contributed by atoms with Crippen molar-refractivity contribution in [2.45, 2.75) is 13.5 Å². The first-order chi connectivity index (χ1) is 14.7. The average Bonchev–Trinajstić information content (AvgIpc) is 2.75. The van der Waals surface area contributed by atoms with Crippen molar-refractivity contribution in [2.75, 3.05) is 11.9 Å². The van der Waals surface area contributed by atoms with Crippen LogP contribution in [0, 0.1) is 0 Å². The lowest BCUT2D eigenvalue weighted by Gasteiger charge is -2.13. The fourth-order valence-corrected chi connectivity index (χ4v) is 2.97. The molecule has 0 amide bonds. The number of nitrogens with zero attached hydrogens (tertiary/aromatic N) is 1. The summed E-state index contributed by atoms with van der Waals surface area (Å²) in [6, 6.07) is 22.8. The van der Waals surface area contributed by atoms with Gasteiger partial charge in [0.25, 0.3) is 0 Å². The summed E-state index contributed by atoms with van der Waals surface area (Å²) < 4.78 is 11.6. The van der Waals surface area contributed by atoms with E-state index in [2.05, 4.69) is 15.8 Å². The van der Waals surface area contributed by atoms with Crippen molar-refractivity contribution in [3.8, 4) is 11.5 Å². The zero-order valence-electron chi connectivity index (χ0n) is 16.5. The van der Waals surface area contributed by atoms with E-state index in [1.54, 1.807) is 6.21 Å². The van der Waals surface area contributed by atoms with Gasteiger partial charge < -0.3 is 14.8 Å². The summed E-state index contributed by atoms with van der Waals surface area (Å²) >= 11 is 11.4. The van der Waals surface area contributed by atoms with Crippen molar-refractivity contribution >= 4 is 40.8 Å². The largest absolute Gasteiger partial charge is 0.490 e. The Morgan fingerprint density at radius 2 is 1.77 bits per heavy atom. The highest BCUT2D eigenvalue weighted by molar-refractivity contribution is 7.80. The number of hydrogen-bond acceptors (Lipinski definition) is 4. The van der Waals surface area contributed by atoms with Crippen LogP contribution in [-0.4, -0.2) is 17.9 Å². The van der Waals surface area contributed by atoms with E-state index in [9.17, 15) is 0 Å². The van der Waals surface area contributed by atoms with Crippen LogP contribution < -0.4 is 20.2 Å². The van der Waals surface area contributed by atoms with Crippen molar-refractivity contribution in [2.24, 2.45) is 5.10 Å². The number of hydrazone groups is 1. The standard InChI is InChI=1S/C23H22ClN3O2S/c1-2-28-22-14-17(15-25-27-23(30)26-19-9-4-3-5-10-19)12-13-21(22)29-16-18-8-6-7-11-20(18)24/h3-15H,2,16H2,1H3,(H2,26,27,30). The molecule has 154 valence electrons. The number of benzene rings is 3. The second-order valence-corrected chi connectivity index (χ2v) is 7.02. The van der Waals surface area contributed by atoms with Crippen LogP contribution in [0.25, 0.3) is 0 Å². The molecule has 0 aliphatic heterocycles. The topological polar surface area (TPSA) is 54.9 Å². The van der Waals surface area contributed by atoms with Gasteiger partial charge in [0.2, 0.25) is 0 Å². The lowest BCUT2D eigenvalue weighted by Crippen LogP contribution is -2.23. The van der Waals surface area contributed by atoms with Crippen LogP contribution in [-0.2, 0) is 6.61 Å². The van der Waals surface area contributed by atoms with Gasteiger partial charge in [0.15, 0.2) is 16.6 Å². The molecule has 0 atom stereocenters. The summed E-state index contributed by atoms with van der Waals surface area (Å²) in [6.07, 6.45) is 1.67. The molecule has 0 heterocycles. The molecule has 2 N–H and O–H groups in total. The van der Waals surface area contributed by atoms with Gasteiger partial charge >= 0.3 is 0 Å². The molecule has 0 radical (unpaired) electrons. The van der Waals surface area contributed by atoms with E-state index in [4.69, 9.17) is 33.3 Å². The third kappa shape index (κ3) is 6.47. The Morgan fingerprint density at radius 3 is 2.53 bits per heavy atom. The SMILES string of the molecule is CCOc1cc(C=NNC(=S)Nc2ccccc2)ccc1OCc1ccccc1Cl. The Bertz CT molecular complexity index is 1010. The minimum atomic E-state index is 0.355. The van der Waals surface area contributed by atoms with Crippen molar-refractivity contribution in [3.05, 3.63) is 88.9 Å². The summed E-state index contributed by atoms with van der Waals surface area (Å²) in [6.45, 7) is 2.80. The Hall–Kier alpha value is -3.09. The molecule has 0 bridgehead atoms. The van der Waals surface area contributed by atoms with E-state index in [0.29, 0.717) is 34.8 Å². The number of hydrogen-bond donors (Lipinski definition) is 2. The fraction of sp³-hybridized carbons (Fsp3) is 0.130. The number of ether oxygens (including phenoxy) is 2. The lowest BCUT2D eigenvalue weighted by molar-refractivity contribution is 0.269. The van der Waals surface area contributed by atoms with Gasteiger partial charge in [0, 0.05) is 16.3 Å². The minimum Gasteiger partial charge on any atom is -0.490 e. The molecule has 5 nitrogen and oxygen atoms in total. The van der Waals surface area contributed by atoms with E-state index in [-0.39, 0.29) is 0 Å². The second kappa shape index (κ2) is 11.2. The van der Waals surface area contributed by atoms with E-state index in [1.807, 2.05) is 79.7 Å². The molecule has 0 unspecified atom stereocenters.